The molecule has 7 heteroatoms. The van der Waals surface area contributed by atoms with Gasteiger partial charge in [-0.05, 0) is 43.5 Å². The maximum atomic E-state index is 12.0. The molecular weight excluding hydrogens is 363 g/mol. The first-order valence-electron chi connectivity index (χ1n) is 7.62. The third-order valence-corrected chi connectivity index (χ3v) is 4.46. The zero-order valence-electron chi connectivity index (χ0n) is 14.1. The molecule has 1 heterocycles. The van der Waals surface area contributed by atoms with E-state index in [4.69, 9.17) is 27.9 Å². The Kier molecular flexibility index (Phi) is 6.39. The van der Waals surface area contributed by atoms with Crippen molar-refractivity contribution in [3.05, 3.63) is 62.9 Å². The maximum absolute atomic E-state index is 12.0. The molecule has 0 radical (unpaired) electrons. The summed E-state index contributed by atoms with van der Waals surface area (Å²) in [5.41, 5.74) is 3.45. The van der Waals surface area contributed by atoms with E-state index in [9.17, 15) is 9.59 Å². The first-order valence-corrected chi connectivity index (χ1v) is 8.38. The van der Waals surface area contributed by atoms with Crippen LogP contribution < -0.4 is 5.32 Å². The molecule has 1 amide bonds. The predicted octanol–water partition coefficient (Wildman–Crippen LogP) is 4.04. The highest BCUT2D eigenvalue weighted by Crippen LogP contribution is 2.20. The van der Waals surface area contributed by atoms with Gasteiger partial charge in [0.2, 0.25) is 0 Å². The number of hydrogen-bond donors (Lipinski definition) is 1. The van der Waals surface area contributed by atoms with Gasteiger partial charge in [0.05, 0.1) is 16.6 Å². The van der Waals surface area contributed by atoms with E-state index in [0.717, 1.165) is 11.1 Å². The van der Waals surface area contributed by atoms with E-state index in [1.54, 1.807) is 0 Å². The van der Waals surface area contributed by atoms with Crippen LogP contribution in [0.3, 0.4) is 0 Å². The minimum Gasteiger partial charge on any atom is -0.452 e. The van der Waals surface area contributed by atoms with Crippen molar-refractivity contribution < 1.29 is 14.3 Å². The first kappa shape index (κ1) is 19.2. The topological polar surface area (TPSA) is 68.3 Å². The van der Waals surface area contributed by atoms with E-state index in [1.165, 1.54) is 17.8 Å². The summed E-state index contributed by atoms with van der Waals surface area (Å²) in [4.78, 5) is 27.7. The van der Waals surface area contributed by atoms with Crippen LogP contribution in [-0.4, -0.2) is 23.5 Å². The fraction of sp³-hybridized carbons (Fsp3) is 0.278. The van der Waals surface area contributed by atoms with Crippen LogP contribution >= 0.6 is 23.2 Å². The van der Waals surface area contributed by atoms with Crippen molar-refractivity contribution in [3.8, 4) is 0 Å². The number of nitrogens with zero attached hydrogens (tertiary/aromatic N) is 1. The van der Waals surface area contributed by atoms with Crippen molar-refractivity contribution in [2.24, 2.45) is 0 Å². The maximum Gasteiger partial charge on any atom is 0.340 e. The molecule has 25 heavy (non-hydrogen) atoms. The Balaban J connectivity index is 1.90. The SMILES string of the molecule is Cc1ccc([C@@H](C)NC(=O)COC(=O)c2cnc(Cl)c(Cl)c2)cc1C. The average molecular weight is 381 g/mol. The zero-order valence-corrected chi connectivity index (χ0v) is 15.6. The summed E-state index contributed by atoms with van der Waals surface area (Å²) in [7, 11) is 0. The van der Waals surface area contributed by atoms with E-state index in [1.807, 2.05) is 39.0 Å². The van der Waals surface area contributed by atoms with Gasteiger partial charge in [0, 0.05) is 6.20 Å². The Labute approximate surface area is 156 Å². The lowest BCUT2D eigenvalue weighted by atomic mass is 10.0. The van der Waals surface area contributed by atoms with Gasteiger partial charge >= 0.3 is 5.97 Å². The lowest BCUT2D eigenvalue weighted by Crippen LogP contribution is -2.31. The summed E-state index contributed by atoms with van der Waals surface area (Å²) in [5.74, 6) is -1.09. The van der Waals surface area contributed by atoms with Crippen LogP contribution in [-0.2, 0) is 9.53 Å². The Morgan fingerprint density at radius 1 is 1.20 bits per heavy atom. The fourth-order valence-electron chi connectivity index (χ4n) is 2.15. The summed E-state index contributed by atoms with van der Waals surface area (Å²) in [6.07, 6.45) is 1.24. The second-order valence-electron chi connectivity index (χ2n) is 5.71. The quantitative estimate of drug-likeness (QED) is 0.627. The highest BCUT2D eigenvalue weighted by atomic mass is 35.5. The number of benzene rings is 1. The normalized spacial score (nSPS) is 11.7. The van der Waals surface area contributed by atoms with Gasteiger partial charge < -0.3 is 10.1 Å². The van der Waals surface area contributed by atoms with Gasteiger partial charge in [-0.25, -0.2) is 9.78 Å². The highest BCUT2D eigenvalue weighted by Gasteiger charge is 2.15. The molecule has 1 aromatic heterocycles. The Bertz CT molecular complexity index is 809. The largest absolute Gasteiger partial charge is 0.452 e. The second-order valence-corrected chi connectivity index (χ2v) is 6.47. The molecule has 1 atom stereocenters. The number of aryl methyl sites for hydroxylation is 2. The number of rotatable bonds is 5. The monoisotopic (exact) mass is 380 g/mol. The Morgan fingerprint density at radius 3 is 2.56 bits per heavy atom. The Morgan fingerprint density at radius 2 is 1.92 bits per heavy atom. The first-order chi connectivity index (χ1) is 11.8. The standard InChI is InChI=1S/C18H18Cl2N2O3/c1-10-4-5-13(6-11(10)2)12(3)22-16(23)9-25-18(24)14-7-15(19)17(20)21-8-14/h4-8,12H,9H2,1-3H3,(H,22,23)/t12-/m1/s1. The van der Waals surface area contributed by atoms with Crippen LogP contribution in [0.25, 0.3) is 0 Å². The van der Waals surface area contributed by atoms with Gasteiger partial charge in [0.1, 0.15) is 5.15 Å². The van der Waals surface area contributed by atoms with E-state index >= 15 is 0 Å². The molecule has 0 saturated heterocycles. The molecule has 0 fully saturated rings. The third-order valence-electron chi connectivity index (χ3n) is 3.77. The number of pyridine rings is 1. The number of nitrogens with one attached hydrogen (secondary N) is 1. The fourth-order valence-corrected chi connectivity index (χ4v) is 2.42. The number of hydrogen-bond acceptors (Lipinski definition) is 4. The van der Waals surface area contributed by atoms with Crippen LogP contribution in [0.1, 0.15) is 40.0 Å². The molecule has 0 unspecified atom stereocenters. The molecular formula is C18H18Cl2N2O3. The molecule has 0 saturated carbocycles. The molecule has 1 N–H and O–H groups in total. The van der Waals surface area contributed by atoms with Crippen LogP contribution in [0.2, 0.25) is 10.2 Å². The summed E-state index contributed by atoms with van der Waals surface area (Å²) in [6, 6.07) is 7.13. The number of carbonyl (C=O) groups is 2. The number of esters is 1. The summed E-state index contributed by atoms with van der Waals surface area (Å²) >= 11 is 11.5. The van der Waals surface area contributed by atoms with Gasteiger partial charge in [0.15, 0.2) is 6.61 Å². The number of aromatic nitrogens is 1. The smallest absolute Gasteiger partial charge is 0.340 e. The molecule has 132 valence electrons. The van der Waals surface area contributed by atoms with Crippen molar-refractivity contribution in [1.82, 2.24) is 10.3 Å². The number of ether oxygens (including phenoxy) is 1. The molecule has 0 spiro atoms. The third kappa shape index (κ3) is 5.18. The van der Waals surface area contributed by atoms with E-state index < -0.39 is 18.5 Å². The number of amides is 1. The van der Waals surface area contributed by atoms with Gasteiger partial charge in [-0.2, -0.15) is 0 Å². The summed E-state index contributed by atoms with van der Waals surface area (Å²) in [6.45, 7) is 5.51. The van der Waals surface area contributed by atoms with Gasteiger partial charge in [-0.3, -0.25) is 4.79 Å². The van der Waals surface area contributed by atoms with Crippen molar-refractivity contribution in [3.63, 3.8) is 0 Å². The van der Waals surface area contributed by atoms with Crippen molar-refractivity contribution in [2.75, 3.05) is 6.61 Å². The Hall–Kier alpha value is -2.11. The van der Waals surface area contributed by atoms with Crippen molar-refractivity contribution in [2.45, 2.75) is 26.8 Å². The second kappa shape index (κ2) is 8.32. The molecule has 1 aromatic carbocycles. The summed E-state index contributed by atoms with van der Waals surface area (Å²) < 4.78 is 4.97. The molecule has 2 rings (SSSR count). The molecule has 5 nitrogen and oxygen atoms in total. The van der Waals surface area contributed by atoms with Crippen LogP contribution in [0.4, 0.5) is 0 Å². The lowest BCUT2D eigenvalue weighted by molar-refractivity contribution is -0.124. The summed E-state index contributed by atoms with van der Waals surface area (Å²) in [5, 5.41) is 3.03. The predicted molar refractivity (Wildman–Crippen MR) is 97.0 cm³/mol. The molecule has 2 aromatic rings. The van der Waals surface area contributed by atoms with Gasteiger partial charge in [-0.15, -0.1) is 0 Å². The molecule has 0 bridgehead atoms. The van der Waals surface area contributed by atoms with E-state index in [-0.39, 0.29) is 21.8 Å². The minimum atomic E-state index is -0.694. The van der Waals surface area contributed by atoms with Crippen LogP contribution in [0, 0.1) is 13.8 Å². The average Bonchev–Trinajstić information content (AvgIpc) is 2.57. The number of carbonyl (C=O) groups excluding carboxylic acids is 2. The van der Waals surface area contributed by atoms with Crippen LogP contribution in [0.15, 0.2) is 30.5 Å². The van der Waals surface area contributed by atoms with Crippen molar-refractivity contribution in [1.29, 1.82) is 0 Å². The minimum absolute atomic E-state index is 0.0955. The number of halogens is 2. The van der Waals surface area contributed by atoms with E-state index in [0.29, 0.717) is 0 Å². The van der Waals surface area contributed by atoms with Crippen molar-refractivity contribution >= 4 is 35.1 Å². The van der Waals surface area contributed by atoms with Gasteiger partial charge in [0.25, 0.3) is 5.91 Å². The van der Waals surface area contributed by atoms with E-state index in [2.05, 4.69) is 10.3 Å². The highest BCUT2D eigenvalue weighted by molar-refractivity contribution is 6.41. The lowest BCUT2D eigenvalue weighted by Gasteiger charge is -2.15. The molecule has 0 aliphatic rings. The zero-order chi connectivity index (χ0) is 18.6. The van der Waals surface area contributed by atoms with Gasteiger partial charge in [-0.1, -0.05) is 41.4 Å². The van der Waals surface area contributed by atoms with Crippen LogP contribution in [0.5, 0.6) is 0 Å². The molecule has 0 aliphatic heterocycles. The molecule has 0 aliphatic carbocycles.